The first-order chi connectivity index (χ1) is 12.0. The highest BCUT2D eigenvalue weighted by molar-refractivity contribution is 7.92. The molecule has 0 spiro atoms. The van der Waals surface area contributed by atoms with Crippen LogP contribution in [0.2, 0.25) is 0 Å². The fourth-order valence-electron chi connectivity index (χ4n) is 3.68. The molecule has 0 radical (unpaired) electrons. The zero-order valence-electron chi connectivity index (χ0n) is 14.7. The molecule has 0 bridgehead atoms. The second-order valence-electron chi connectivity index (χ2n) is 7.02. The molecule has 1 aliphatic heterocycles. The van der Waals surface area contributed by atoms with E-state index in [-0.39, 0.29) is 11.8 Å². The maximum absolute atomic E-state index is 12.6. The lowest BCUT2D eigenvalue weighted by atomic mass is 9.79. The van der Waals surface area contributed by atoms with Crippen molar-refractivity contribution in [2.24, 2.45) is 5.92 Å². The summed E-state index contributed by atoms with van der Waals surface area (Å²) in [6.45, 7) is 2.65. The van der Waals surface area contributed by atoms with Crippen LogP contribution in [0.4, 0.5) is 16.2 Å². The molecule has 1 atom stereocenters. The number of nitrogens with one attached hydrogen (secondary N) is 2. The molecule has 2 amide bonds. The Hall–Kier alpha value is -1.76. The molecule has 25 heavy (non-hydrogen) atoms. The summed E-state index contributed by atoms with van der Waals surface area (Å²) in [7, 11) is -3.29. The number of rotatable bonds is 6. The van der Waals surface area contributed by atoms with Gasteiger partial charge in [0.15, 0.2) is 0 Å². The van der Waals surface area contributed by atoms with Crippen LogP contribution in [0.3, 0.4) is 0 Å². The van der Waals surface area contributed by atoms with Gasteiger partial charge in [0.05, 0.1) is 5.75 Å². The fraction of sp³-hybridized carbons (Fsp3) is 0.611. The third-order valence-electron chi connectivity index (χ3n) is 5.14. The standard InChI is InChI=1S/C18H27N3O3S/c1-2-13-25(23,24)20-16-10-8-15(9-11-16)19-18(22)21-12-4-7-17(21)14-5-3-6-14/h8-11,14,17,20H,2-7,12-13H2,1H3,(H,19,22). The van der Waals surface area contributed by atoms with Crippen molar-refractivity contribution in [2.75, 3.05) is 22.3 Å². The van der Waals surface area contributed by atoms with Crippen molar-refractivity contribution in [1.29, 1.82) is 0 Å². The number of hydrogen-bond donors (Lipinski definition) is 2. The van der Waals surface area contributed by atoms with Gasteiger partial charge in [-0.1, -0.05) is 13.3 Å². The molecule has 1 aromatic carbocycles. The average Bonchev–Trinajstić information content (AvgIpc) is 2.96. The normalized spacial score (nSPS) is 21.0. The number of anilines is 2. The van der Waals surface area contributed by atoms with Crippen LogP contribution in [-0.2, 0) is 10.0 Å². The van der Waals surface area contributed by atoms with Crippen LogP contribution in [0.5, 0.6) is 0 Å². The molecular formula is C18H27N3O3S. The monoisotopic (exact) mass is 365 g/mol. The number of carbonyl (C=O) groups excluding carboxylic acids is 1. The molecule has 2 aliphatic rings. The Morgan fingerprint density at radius 2 is 1.80 bits per heavy atom. The van der Waals surface area contributed by atoms with Gasteiger partial charge in [0.1, 0.15) is 0 Å². The maximum Gasteiger partial charge on any atom is 0.322 e. The number of urea groups is 1. The maximum atomic E-state index is 12.6. The molecule has 1 aliphatic carbocycles. The van der Waals surface area contributed by atoms with Gasteiger partial charge >= 0.3 is 6.03 Å². The SMILES string of the molecule is CCCS(=O)(=O)Nc1ccc(NC(=O)N2CCCC2C2CCC2)cc1. The Kier molecular flexibility index (Phi) is 5.51. The molecule has 3 rings (SSSR count). The van der Waals surface area contributed by atoms with E-state index < -0.39 is 10.0 Å². The Morgan fingerprint density at radius 1 is 1.12 bits per heavy atom. The van der Waals surface area contributed by atoms with E-state index >= 15 is 0 Å². The van der Waals surface area contributed by atoms with Gasteiger partial charge in [-0.05, 0) is 62.3 Å². The molecule has 2 N–H and O–H groups in total. The largest absolute Gasteiger partial charge is 0.322 e. The summed E-state index contributed by atoms with van der Waals surface area (Å²) in [5.74, 6) is 0.770. The van der Waals surface area contributed by atoms with Crippen molar-refractivity contribution in [3.63, 3.8) is 0 Å². The molecule has 1 heterocycles. The van der Waals surface area contributed by atoms with Gasteiger partial charge in [-0.25, -0.2) is 13.2 Å². The van der Waals surface area contributed by atoms with Crippen molar-refractivity contribution in [1.82, 2.24) is 4.90 Å². The number of carbonyl (C=O) groups is 1. The lowest BCUT2D eigenvalue weighted by Crippen LogP contribution is -2.44. The smallest absolute Gasteiger partial charge is 0.321 e. The molecule has 0 aromatic heterocycles. The molecule has 138 valence electrons. The summed E-state index contributed by atoms with van der Waals surface area (Å²) < 4.78 is 26.1. The van der Waals surface area contributed by atoms with E-state index in [2.05, 4.69) is 10.0 Å². The quantitative estimate of drug-likeness (QED) is 0.808. The van der Waals surface area contributed by atoms with Gasteiger partial charge in [-0.2, -0.15) is 0 Å². The van der Waals surface area contributed by atoms with Crippen LogP contribution in [0, 0.1) is 5.92 Å². The van der Waals surface area contributed by atoms with Crippen LogP contribution < -0.4 is 10.0 Å². The first-order valence-electron chi connectivity index (χ1n) is 9.16. The average molecular weight is 365 g/mol. The molecule has 7 heteroatoms. The minimum atomic E-state index is -3.29. The van der Waals surface area contributed by atoms with Crippen molar-refractivity contribution in [3.8, 4) is 0 Å². The van der Waals surface area contributed by atoms with Crippen molar-refractivity contribution < 1.29 is 13.2 Å². The predicted octanol–water partition coefficient (Wildman–Crippen LogP) is 3.63. The first kappa shape index (κ1) is 18.0. The summed E-state index contributed by atoms with van der Waals surface area (Å²) in [6.07, 6.45) is 6.51. The highest BCUT2D eigenvalue weighted by Crippen LogP contribution is 2.37. The van der Waals surface area contributed by atoms with Crippen LogP contribution in [0.1, 0.15) is 45.4 Å². The van der Waals surface area contributed by atoms with Gasteiger partial charge < -0.3 is 10.2 Å². The topological polar surface area (TPSA) is 78.5 Å². The van der Waals surface area contributed by atoms with E-state index in [1.807, 2.05) is 11.8 Å². The van der Waals surface area contributed by atoms with Crippen molar-refractivity contribution in [3.05, 3.63) is 24.3 Å². The van der Waals surface area contributed by atoms with Crippen LogP contribution in [0.25, 0.3) is 0 Å². The number of benzene rings is 1. The molecule has 6 nitrogen and oxygen atoms in total. The van der Waals surface area contributed by atoms with E-state index in [0.29, 0.717) is 29.8 Å². The fourth-order valence-corrected chi connectivity index (χ4v) is 4.81. The number of amides is 2. The lowest BCUT2D eigenvalue weighted by molar-refractivity contribution is 0.148. The first-order valence-corrected chi connectivity index (χ1v) is 10.8. The number of hydrogen-bond acceptors (Lipinski definition) is 3. The third kappa shape index (κ3) is 4.45. The summed E-state index contributed by atoms with van der Waals surface area (Å²) >= 11 is 0. The number of likely N-dealkylation sites (tertiary alicyclic amines) is 1. The summed E-state index contributed by atoms with van der Waals surface area (Å²) in [4.78, 5) is 14.5. The molecule has 1 unspecified atom stereocenters. The number of nitrogens with zero attached hydrogens (tertiary/aromatic N) is 1. The summed E-state index contributed by atoms with van der Waals surface area (Å²) in [5, 5.41) is 2.94. The number of sulfonamides is 1. The molecule has 1 saturated heterocycles. The van der Waals surface area contributed by atoms with Crippen molar-refractivity contribution in [2.45, 2.75) is 51.5 Å². The van der Waals surface area contributed by atoms with E-state index in [4.69, 9.17) is 0 Å². The lowest BCUT2D eigenvalue weighted by Gasteiger charge is -2.36. The second kappa shape index (κ2) is 7.64. The van der Waals surface area contributed by atoms with Crippen LogP contribution in [-0.4, -0.2) is 37.7 Å². The van der Waals surface area contributed by atoms with Crippen LogP contribution >= 0.6 is 0 Å². The zero-order chi connectivity index (χ0) is 17.9. The minimum absolute atomic E-state index is 0.0475. The predicted molar refractivity (Wildman–Crippen MR) is 100 cm³/mol. The Bertz CT molecular complexity index is 699. The van der Waals surface area contributed by atoms with E-state index in [9.17, 15) is 13.2 Å². The molecule has 2 fully saturated rings. The van der Waals surface area contributed by atoms with Crippen molar-refractivity contribution >= 4 is 27.4 Å². The van der Waals surface area contributed by atoms with E-state index in [0.717, 1.165) is 19.4 Å². The molecule has 1 saturated carbocycles. The van der Waals surface area contributed by atoms with Gasteiger partial charge in [0.25, 0.3) is 0 Å². The van der Waals surface area contributed by atoms with Crippen LogP contribution in [0.15, 0.2) is 24.3 Å². The van der Waals surface area contributed by atoms with E-state index in [1.165, 1.54) is 19.3 Å². The summed E-state index contributed by atoms with van der Waals surface area (Å²) in [6, 6.07) is 7.15. The highest BCUT2D eigenvalue weighted by Gasteiger charge is 2.37. The second-order valence-corrected chi connectivity index (χ2v) is 8.86. The van der Waals surface area contributed by atoms with Gasteiger partial charge in [-0.15, -0.1) is 0 Å². The zero-order valence-corrected chi connectivity index (χ0v) is 15.5. The van der Waals surface area contributed by atoms with Gasteiger partial charge in [0.2, 0.25) is 10.0 Å². The third-order valence-corrected chi connectivity index (χ3v) is 6.63. The summed E-state index contributed by atoms with van der Waals surface area (Å²) in [5.41, 5.74) is 1.20. The van der Waals surface area contributed by atoms with E-state index in [1.54, 1.807) is 24.3 Å². The minimum Gasteiger partial charge on any atom is -0.321 e. The highest BCUT2D eigenvalue weighted by atomic mass is 32.2. The Morgan fingerprint density at radius 3 is 2.40 bits per heavy atom. The molecular weight excluding hydrogens is 338 g/mol. The van der Waals surface area contributed by atoms with Gasteiger partial charge in [0, 0.05) is 24.0 Å². The Balaban J connectivity index is 1.58. The van der Waals surface area contributed by atoms with Gasteiger partial charge in [-0.3, -0.25) is 4.72 Å². The molecule has 1 aromatic rings. The Labute approximate surface area is 150 Å².